The maximum atomic E-state index is 10.9. The van der Waals surface area contributed by atoms with E-state index in [0.29, 0.717) is 24.8 Å². The number of likely N-dealkylation sites (tertiary alicyclic amines) is 1. The zero-order valence-electron chi connectivity index (χ0n) is 18.9. The quantitative estimate of drug-likeness (QED) is 0.506. The topological polar surface area (TPSA) is 60.0 Å². The van der Waals surface area contributed by atoms with Gasteiger partial charge in [0, 0.05) is 45.2 Å². The van der Waals surface area contributed by atoms with Gasteiger partial charge in [-0.1, -0.05) is 29.8 Å². The molecule has 6 nitrogen and oxygen atoms in total. The molecular formula is C25H33ClN2O4. The standard InChI is InChI=1S/C25H33ClN2O4/c1-20(29)27-13-4-16-31-23-9-7-21(8-10-23)18-28-14-11-25(30-2,12-15-28)19-32-24-6-3-5-22(26)17-24/h3,5-10,17H,4,11-16,18-19H2,1-2H3,(H,27,29). The van der Waals surface area contributed by atoms with Gasteiger partial charge in [-0.3, -0.25) is 9.69 Å². The highest BCUT2D eigenvalue weighted by Crippen LogP contribution is 2.29. The lowest BCUT2D eigenvalue weighted by Crippen LogP contribution is -2.48. The summed E-state index contributed by atoms with van der Waals surface area (Å²) in [5, 5.41) is 3.44. The van der Waals surface area contributed by atoms with Gasteiger partial charge >= 0.3 is 0 Å². The summed E-state index contributed by atoms with van der Waals surface area (Å²) in [7, 11) is 1.77. The van der Waals surface area contributed by atoms with Crippen molar-refractivity contribution >= 4 is 17.5 Å². The molecule has 0 bridgehead atoms. The van der Waals surface area contributed by atoms with Gasteiger partial charge in [0.05, 0.1) is 6.61 Å². The molecule has 1 saturated heterocycles. The van der Waals surface area contributed by atoms with Crippen LogP contribution in [-0.4, -0.2) is 56.4 Å². The molecule has 0 saturated carbocycles. The minimum atomic E-state index is -0.270. The summed E-state index contributed by atoms with van der Waals surface area (Å²) in [6, 6.07) is 15.7. The van der Waals surface area contributed by atoms with Gasteiger partial charge in [0.15, 0.2) is 0 Å². The molecule has 174 valence electrons. The Morgan fingerprint density at radius 3 is 2.50 bits per heavy atom. The largest absolute Gasteiger partial charge is 0.494 e. The zero-order valence-corrected chi connectivity index (χ0v) is 19.7. The Morgan fingerprint density at radius 2 is 1.84 bits per heavy atom. The Hall–Kier alpha value is -2.28. The smallest absolute Gasteiger partial charge is 0.216 e. The number of rotatable bonds is 11. The van der Waals surface area contributed by atoms with Gasteiger partial charge in [0.25, 0.3) is 0 Å². The SMILES string of the molecule is COC1(COc2cccc(Cl)c2)CCN(Cc2ccc(OCCCNC(C)=O)cc2)CC1. The number of nitrogens with one attached hydrogen (secondary N) is 1. The lowest BCUT2D eigenvalue weighted by atomic mass is 9.91. The van der Waals surface area contributed by atoms with Gasteiger partial charge in [-0.15, -0.1) is 0 Å². The minimum absolute atomic E-state index is 0.0107. The van der Waals surface area contributed by atoms with Crippen LogP contribution in [0.5, 0.6) is 11.5 Å². The Morgan fingerprint density at radius 1 is 1.09 bits per heavy atom. The van der Waals surface area contributed by atoms with Crippen LogP contribution in [0.25, 0.3) is 0 Å². The average Bonchev–Trinajstić information content (AvgIpc) is 2.80. The molecule has 1 fully saturated rings. The van der Waals surface area contributed by atoms with Crippen LogP contribution in [0.3, 0.4) is 0 Å². The van der Waals surface area contributed by atoms with E-state index in [1.54, 1.807) is 7.11 Å². The molecule has 7 heteroatoms. The highest BCUT2D eigenvalue weighted by Gasteiger charge is 2.35. The number of halogens is 1. The molecule has 2 aromatic rings. The number of carbonyl (C=O) groups excluding carboxylic acids is 1. The van der Waals surface area contributed by atoms with Crippen molar-refractivity contribution in [2.45, 2.75) is 38.3 Å². The minimum Gasteiger partial charge on any atom is -0.494 e. The van der Waals surface area contributed by atoms with Gasteiger partial charge in [0.2, 0.25) is 5.91 Å². The first-order chi connectivity index (χ1) is 15.5. The second kappa shape index (κ2) is 12.1. The molecule has 0 atom stereocenters. The number of piperidine rings is 1. The maximum Gasteiger partial charge on any atom is 0.216 e. The maximum absolute atomic E-state index is 10.9. The average molecular weight is 461 g/mol. The molecule has 2 aromatic carbocycles. The lowest BCUT2D eigenvalue weighted by Gasteiger charge is -2.40. The molecule has 0 radical (unpaired) electrons. The van der Waals surface area contributed by atoms with E-state index in [2.05, 4.69) is 22.3 Å². The lowest BCUT2D eigenvalue weighted by molar-refractivity contribution is -0.118. The molecule has 1 amide bonds. The van der Waals surface area contributed by atoms with Gasteiger partial charge in [-0.25, -0.2) is 0 Å². The van der Waals surface area contributed by atoms with E-state index in [9.17, 15) is 4.79 Å². The summed E-state index contributed by atoms with van der Waals surface area (Å²) >= 11 is 6.05. The van der Waals surface area contributed by atoms with Crippen LogP contribution in [0.1, 0.15) is 31.7 Å². The molecule has 1 aliphatic rings. The third-order valence-electron chi connectivity index (χ3n) is 5.79. The van der Waals surface area contributed by atoms with Crippen molar-refractivity contribution in [3.63, 3.8) is 0 Å². The first kappa shape index (κ1) is 24.4. The van der Waals surface area contributed by atoms with Crippen LogP contribution in [0.15, 0.2) is 48.5 Å². The van der Waals surface area contributed by atoms with Gasteiger partial charge in [0.1, 0.15) is 23.7 Å². The third-order valence-corrected chi connectivity index (χ3v) is 6.03. The van der Waals surface area contributed by atoms with Crippen molar-refractivity contribution in [1.29, 1.82) is 0 Å². The van der Waals surface area contributed by atoms with Gasteiger partial charge < -0.3 is 19.5 Å². The van der Waals surface area contributed by atoms with Crippen LogP contribution in [0.2, 0.25) is 5.02 Å². The fraction of sp³-hybridized carbons (Fsp3) is 0.480. The van der Waals surface area contributed by atoms with E-state index in [4.69, 9.17) is 25.8 Å². The normalized spacial score (nSPS) is 15.8. The fourth-order valence-electron chi connectivity index (χ4n) is 3.77. The van der Waals surface area contributed by atoms with Crippen LogP contribution >= 0.6 is 11.6 Å². The first-order valence-electron chi connectivity index (χ1n) is 11.1. The Labute approximate surface area is 195 Å². The molecule has 1 N–H and O–H groups in total. The Kier molecular flexibility index (Phi) is 9.21. The number of nitrogens with zero attached hydrogens (tertiary/aromatic N) is 1. The number of methoxy groups -OCH3 is 1. The van der Waals surface area contributed by atoms with E-state index in [-0.39, 0.29) is 11.5 Å². The van der Waals surface area contributed by atoms with E-state index >= 15 is 0 Å². The van der Waals surface area contributed by atoms with E-state index in [1.807, 2.05) is 36.4 Å². The van der Waals surface area contributed by atoms with Crippen LogP contribution in [-0.2, 0) is 16.1 Å². The van der Waals surface area contributed by atoms with Crippen molar-refractivity contribution < 1.29 is 19.0 Å². The number of ether oxygens (including phenoxy) is 3. The van der Waals surface area contributed by atoms with Crippen molar-refractivity contribution in [3.05, 3.63) is 59.1 Å². The summed E-state index contributed by atoms with van der Waals surface area (Å²) in [6.07, 6.45) is 2.62. The Bertz CT molecular complexity index is 851. The van der Waals surface area contributed by atoms with Crippen LogP contribution in [0, 0.1) is 0 Å². The van der Waals surface area contributed by atoms with E-state index in [0.717, 1.165) is 50.4 Å². The molecule has 0 aromatic heterocycles. The molecule has 1 aliphatic heterocycles. The summed E-state index contributed by atoms with van der Waals surface area (Å²) in [5.41, 5.74) is 0.990. The van der Waals surface area contributed by atoms with Crippen molar-refractivity contribution in [2.75, 3.05) is 40.0 Å². The molecule has 0 unspecified atom stereocenters. The number of hydrogen-bond donors (Lipinski definition) is 1. The second-order valence-electron chi connectivity index (χ2n) is 8.24. The summed E-state index contributed by atoms with van der Waals surface area (Å²) in [4.78, 5) is 13.3. The highest BCUT2D eigenvalue weighted by molar-refractivity contribution is 6.30. The molecule has 1 heterocycles. The molecule has 0 aliphatic carbocycles. The zero-order chi connectivity index (χ0) is 22.8. The second-order valence-corrected chi connectivity index (χ2v) is 8.67. The summed E-state index contributed by atoms with van der Waals surface area (Å²) < 4.78 is 17.6. The summed E-state index contributed by atoms with van der Waals surface area (Å²) in [5.74, 6) is 1.61. The number of amides is 1. The van der Waals surface area contributed by atoms with Gasteiger partial charge in [-0.05, 0) is 55.2 Å². The van der Waals surface area contributed by atoms with Crippen LogP contribution < -0.4 is 14.8 Å². The van der Waals surface area contributed by atoms with Crippen molar-refractivity contribution in [2.24, 2.45) is 0 Å². The van der Waals surface area contributed by atoms with Crippen LogP contribution in [0.4, 0.5) is 0 Å². The Balaban J connectivity index is 1.41. The first-order valence-corrected chi connectivity index (χ1v) is 11.5. The van der Waals surface area contributed by atoms with Crippen molar-refractivity contribution in [3.8, 4) is 11.5 Å². The molecule has 32 heavy (non-hydrogen) atoms. The predicted octanol–water partition coefficient (Wildman–Crippen LogP) is 4.31. The molecule has 0 spiro atoms. The summed E-state index contributed by atoms with van der Waals surface area (Å²) in [6.45, 7) is 6.06. The van der Waals surface area contributed by atoms with Crippen molar-refractivity contribution in [1.82, 2.24) is 10.2 Å². The highest BCUT2D eigenvalue weighted by atomic mass is 35.5. The number of carbonyl (C=O) groups is 1. The van der Waals surface area contributed by atoms with E-state index < -0.39 is 0 Å². The molecular weight excluding hydrogens is 428 g/mol. The number of benzene rings is 2. The third kappa shape index (κ3) is 7.69. The molecule has 3 rings (SSSR count). The number of hydrogen-bond acceptors (Lipinski definition) is 5. The fourth-order valence-corrected chi connectivity index (χ4v) is 3.95. The predicted molar refractivity (Wildman–Crippen MR) is 126 cm³/mol. The van der Waals surface area contributed by atoms with E-state index in [1.165, 1.54) is 12.5 Å². The van der Waals surface area contributed by atoms with Gasteiger partial charge in [-0.2, -0.15) is 0 Å². The monoisotopic (exact) mass is 460 g/mol.